The van der Waals surface area contributed by atoms with Crippen LogP contribution < -0.4 is 10.0 Å². The lowest BCUT2D eigenvalue weighted by atomic mass is 10.0. The summed E-state index contributed by atoms with van der Waals surface area (Å²) in [5.74, 6) is -0.694. The first-order valence-corrected chi connectivity index (χ1v) is 16.9. The number of carbonyl (C=O) groups is 3. The van der Waals surface area contributed by atoms with Crippen molar-refractivity contribution in [2.75, 3.05) is 17.9 Å². The van der Waals surface area contributed by atoms with Crippen LogP contribution in [0.15, 0.2) is 60.7 Å². The minimum absolute atomic E-state index is 0.155. The molecule has 3 aromatic rings. The number of nitrogens with zero attached hydrogens (tertiary/aromatic N) is 1. The second-order valence-corrected chi connectivity index (χ2v) is 14.5. The third-order valence-corrected chi connectivity index (χ3v) is 9.21. The molecular formula is C32H39N3O7S2. The van der Waals surface area contributed by atoms with Gasteiger partial charge in [0.25, 0.3) is 0 Å². The molecule has 0 aliphatic carbocycles. The maximum absolute atomic E-state index is 13.8. The Labute approximate surface area is 262 Å². The van der Waals surface area contributed by atoms with Crippen LogP contribution in [0, 0.1) is 0 Å². The van der Waals surface area contributed by atoms with Gasteiger partial charge in [0.2, 0.25) is 15.9 Å². The van der Waals surface area contributed by atoms with Crippen LogP contribution in [0.4, 0.5) is 10.5 Å². The van der Waals surface area contributed by atoms with Crippen molar-refractivity contribution in [2.24, 2.45) is 0 Å². The number of rotatable bonds is 11. The number of carbonyl (C=O) groups excluding carboxylic acids is 3. The highest BCUT2D eigenvalue weighted by Gasteiger charge is 2.31. The molecule has 0 spiro atoms. The van der Waals surface area contributed by atoms with E-state index in [1.807, 2.05) is 12.1 Å². The number of amides is 2. The summed E-state index contributed by atoms with van der Waals surface area (Å²) in [6, 6.07) is 16.7. The maximum atomic E-state index is 13.8. The first kappa shape index (κ1) is 33.0. The van der Waals surface area contributed by atoms with Gasteiger partial charge in [0.05, 0.1) is 18.8 Å². The van der Waals surface area contributed by atoms with Gasteiger partial charge in [-0.05, 0) is 69.0 Å². The second kappa shape index (κ2) is 14.3. The van der Waals surface area contributed by atoms with Gasteiger partial charge in [-0.25, -0.2) is 13.2 Å². The number of hydrogen-bond donors (Lipinski definition) is 2. The van der Waals surface area contributed by atoms with Crippen molar-refractivity contribution in [3.8, 4) is 0 Å². The van der Waals surface area contributed by atoms with Crippen LogP contribution in [0.25, 0.3) is 0 Å². The first-order chi connectivity index (χ1) is 20.8. The molecule has 0 radical (unpaired) electrons. The summed E-state index contributed by atoms with van der Waals surface area (Å²) in [4.78, 5) is 42.2. The summed E-state index contributed by atoms with van der Waals surface area (Å²) in [5.41, 5.74) is 2.04. The van der Waals surface area contributed by atoms with E-state index >= 15 is 0 Å². The van der Waals surface area contributed by atoms with Crippen molar-refractivity contribution in [3.63, 3.8) is 0 Å². The molecule has 2 heterocycles. The molecule has 2 amide bonds. The van der Waals surface area contributed by atoms with E-state index in [1.54, 1.807) is 92.5 Å². The lowest BCUT2D eigenvalue weighted by molar-refractivity contribution is -0.142. The summed E-state index contributed by atoms with van der Waals surface area (Å²) < 4.78 is 38.4. The van der Waals surface area contributed by atoms with Gasteiger partial charge in [-0.1, -0.05) is 42.5 Å². The van der Waals surface area contributed by atoms with Crippen molar-refractivity contribution in [3.05, 3.63) is 87.1 Å². The van der Waals surface area contributed by atoms with Crippen LogP contribution >= 0.6 is 11.3 Å². The van der Waals surface area contributed by atoms with Crippen molar-refractivity contribution in [1.29, 1.82) is 0 Å². The van der Waals surface area contributed by atoms with Crippen LogP contribution in [0.1, 0.15) is 54.1 Å². The van der Waals surface area contributed by atoms with E-state index in [4.69, 9.17) is 9.47 Å². The zero-order valence-corrected chi connectivity index (χ0v) is 27.1. The van der Waals surface area contributed by atoms with Crippen LogP contribution in [0.3, 0.4) is 0 Å². The monoisotopic (exact) mass is 641 g/mol. The predicted octanol–water partition coefficient (Wildman–Crippen LogP) is 4.82. The van der Waals surface area contributed by atoms with E-state index in [0.29, 0.717) is 37.4 Å². The smallest absolute Gasteiger partial charge is 0.408 e. The van der Waals surface area contributed by atoms with Gasteiger partial charge >= 0.3 is 12.1 Å². The third kappa shape index (κ3) is 9.81. The average molecular weight is 642 g/mol. The fourth-order valence-corrected chi connectivity index (χ4v) is 7.20. The topological polar surface area (TPSA) is 131 Å². The molecule has 0 bridgehead atoms. The minimum Gasteiger partial charge on any atom is -0.466 e. The number of anilines is 1. The van der Waals surface area contributed by atoms with Gasteiger partial charge in [0, 0.05) is 35.0 Å². The summed E-state index contributed by atoms with van der Waals surface area (Å²) >= 11 is 1.56. The van der Waals surface area contributed by atoms with Gasteiger partial charge < -0.3 is 19.7 Å². The largest absolute Gasteiger partial charge is 0.466 e. The molecule has 1 unspecified atom stereocenters. The summed E-state index contributed by atoms with van der Waals surface area (Å²) in [5, 5.41) is 2.75. The molecule has 0 saturated heterocycles. The van der Waals surface area contributed by atoms with E-state index in [0.717, 1.165) is 20.9 Å². The Bertz CT molecular complexity index is 1560. The number of benzene rings is 2. The second-order valence-electron chi connectivity index (χ2n) is 11.6. The first-order valence-electron chi connectivity index (χ1n) is 14.5. The highest BCUT2D eigenvalue weighted by molar-refractivity contribution is 7.91. The molecule has 0 saturated carbocycles. The zero-order chi connectivity index (χ0) is 31.9. The van der Waals surface area contributed by atoms with E-state index in [1.165, 1.54) is 0 Å². The molecule has 1 aliphatic heterocycles. The molecular weight excluding hydrogens is 603 g/mol. The Balaban J connectivity index is 1.45. The Morgan fingerprint density at radius 2 is 1.73 bits per heavy atom. The molecule has 4 rings (SSSR count). The molecule has 0 fully saturated rings. The summed E-state index contributed by atoms with van der Waals surface area (Å²) in [6.45, 7) is 8.17. The number of thiophene rings is 1. The summed E-state index contributed by atoms with van der Waals surface area (Å²) in [6.07, 6.45) is 0.314. The number of alkyl carbamates (subject to hydrolysis) is 1. The van der Waals surface area contributed by atoms with E-state index in [9.17, 15) is 22.8 Å². The molecule has 2 aromatic carbocycles. The van der Waals surface area contributed by atoms with Gasteiger partial charge in [-0.3, -0.25) is 14.3 Å². The normalized spacial score (nSPS) is 13.9. The molecule has 10 nitrogen and oxygen atoms in total. The van der Waals surface area contributed by atoms with Crippen molar-refractivity contribution >= 4 is 45.0 Å². The maximum Gasteiger partial charge on any atom is 0.408 e. The van der Waals surface area contributed by atoms with Crippen LogP contribution in [0.5, 0.6) is 0 Å². The lowest BCUT2D eigenvalue weighted by Crippen LogP contribution is -2.51. The quantitative estimate of drug-likeness (QED) is 0.287. The SMILES string of the molecule is CCOC(=O)Cc1cc2c(s1)CCN(C(=O)C(Cc1ccc(NS(=O)(=O)Cc3ccccc3)cc1)NC(=O)OC(C)(C)C)C2. The fraction of sp³-hybridized carbons (Fsp3) is 0.406. The van der Waals surface area contributed by atoms with Gasteiger partial charge in [0.1, 0.15) is 11.6 Å². The van der Waals surface area contributed by atoms with Gasteiger partial charge in [-0.2, -0.15) is 0 Å². The lowest BCUT2D eigenvalue weighted by Gasteiger charge is -2.31. The molecule has 12 heteroatoms. The Morgan fingerprint density at radius 1 is 1.02 bits per heavy atom. The van der Waals surface area contributed by atoms with Crippen molar-refractivity contribution in [1.82, 2.24) is 10.2 Å². The molecule has 44 heavy (non-hydrogen) atoms. The van der Waals surface area contributed by atoms with Crippen molar-refractivity contribution < 1.29 is 32.3 Å². The predicted molar refractivity (Wildman–Crippen MR) is 170 cm³/mol. The van der Waals surface area contributed by atoms with E-state index in [2.05, 4.69) is 10.0 Å². The zero-order valence-electron chi connectivity index (χ0n) is 25.4. The Hall–Kier alpha value is -3.90. The Kier molecular flexibility index (Phi) is 10.7. The number of ether oxygens (including phenoxy) is 2. The average Bonchev–Trinajstić information content (AvgIpc) is 3.34. The van der Waals surface area contributed by atoms with E-state index in [-0.39, 0.29) is 30.5 Å². The molecule has 236 valence electrons. The highest BCUT2D eigenvalue weighted by Crippen LogP contribution is 2.29. The third-order valence-electron chi connectivity index (χ3n) is 6.71. The molecule has 1 aromatic heterocycles. The van der Waals surface area contributed by atoms with Crippen LogP contribution in [-0.4, -0.2) is 56.1 Å². The summed E-state index contributed by atoms with van der Waals surface area (Å²) in [7, 11) is -3.63. The highest BCUT2D eigenvalue weighted by atomic mass is 32.2. The van der Waals surface area contributed by atoms with Gasteiger partial charge in [-0.15, -0.1) is 11.3 Å². The van der Waals surface area contributed by atoms with Crippen LogP contribution in [0.2, 0.25) is 0 Å². The number of nitrogens with one attached hydrogen (secondary N) is 2. The standard InChI is InChI=1S/C32H39N3O7S2/c1-5-41-29(36)19-26-18-24-20-35(16-15-28(24)43-26)30(37)27(33-31(38)42-32(2,3)4)17-22-11-13-25(14-12-22)34-44(39,40)21-23-9-7-6-8-10-23/h6-14,18,27,34H,5,15-17,19-21H2,1-4H3,(H,33,38). The molecule has 1 aliphatic rings. The number of fused-ring (bicyclic) bond motifs is 1. The fourth-order valence-electron chi connectivity index (χ4n) is 4.85. The van der Waals surface area contributed by atoms with Gasteiger partial charge in [0.15, 0.2) is 0 Å². The minimum atomic E-state index is -3.63. The number of esters is 1. The molecule has 2 N–H and O–H groups in total. The molecule has 1 atom stereocenters. The van der Waals surface area contributed by atoms with E-state index < -0.39 is 27.8 Å². The van der Waals surface area contributed by atoms with Crippen LogP contribution in [-0.2, 0) is 60.6 Å². The Morgan fingerprint density at radius 3 is 2.39 bits per heavy atom. The number of hydrogen-bond acceptors (Lipinski definition) is 8. The van der Waals surface area contributed by atoms with Crippen molar-refractivity contribution in [2.45, 2.75) is 70.9 Å². The number of sulfonamides is 1.